The lowest BCUT2D eigenvalue weighted by molar-refractivity contribution is 0.291. The SMILES string of the molecule is CC1=NCc2ccc(-c3cncc(C[C@@H](CNCCO)c4ccccc4)c3)cc21. The number of benzene rings is 2. The van der Waals surface area contributed by atoms with Gasteiger partial charge in [0.25, 0.3) is 0 Å². The molecule has 1 aliphatic rings. The van der Waals surface area contributed by atoms with Crippen molar-refractivity contribution in [1.82, 2.24) is 10.3 Å². The van der Waals surface area contributed by atoms with Crippen LogP contribution in [0, 0.1) is 0 Å². The highest BCUT2D eigenvalue weighted by Crippen LogP contribution is 2.28. The molecule has 1 aliphatic heterocycles. The molecule has 2 N–H and O–H groups in total. The summed E-state index contributed by atoms with van der Waals surface area (Å²) >= 11 is 0. The van der Waals surface area contributed by atoms with Crippen LogP contribution in [0.1, 0.15) is 35.1 Å². The van der Waals surface area contributed by atoms with Gasteiger partial charge in [-0.25, -0.2) is 0 Å². The van der Waals surface area contributed by atoms with Gasteiger partial charge in [-0.05, 0) is 47.7 Å². The summed E-state index contributed by atoms with van der Waals surface area (Å²) < 4.78 is 0. The molecule has 148 valence electrons. The Morgan fingerprint density at radius 2 is 1.90 bits per heavy atom. The van der Waals surface area contributed by atoms with Gasteiger partial charge in [0, 0.05) is 48.2 Å². The number of aliphatic imine (C=N–C) groups is 1. The molecule has 4 rings (SSSR count). The minimum Gasteiger partial charge on any atom is -0.395 e. The predicted molar refractivity (Wildman–Crippen MR) is 118 cm³/mol. The summed E-state index contributed by atoms with van der Waals surface area (Å²) in [5, 5.41) is 12.5. The average molecular weight is 386 g/mol. The van der Waals surface area contributed by atoms with Crippen LogP contribution in [-0.2, 0) is 13.0 Å². The second-order valence-electron chi connectivity index (χ2n) is 7.59. The zero-order valence-electron chi connectivity index (χ0n) is 16.8. The van der Waals surface area contributed by atoms with E-state index in [0.29, 0.717) is 12.5 Å². The summed E-state index contributed by atoms with van der Waals surface area (Å²) in [5.74, 6) is 0.328. The number of hydrogen-bond donors (Lipinski definition) is 2. The number of hydrogen-bond acceptors (Lipinski definition) is 4. The minimum absolute atomic E-state index is 0.152. The molecule has 0 radical (unpaired) electrons. The number of pyridine rings is 1. The Kier molecular flexibility index (Phi) is 6.13. The first-order valence-electron chi connectivity index (χ1n) is 10.2. The fourth-order valence-corrected chi connectivity index (χ4v) is 3.95. The highest BCUT2D eigenvalue weighted by atomic mass is 16.3. The Bertz CT molecular complexity index is 998. The number of fused-ring (bicyclic) bond motifs is 1. The normalized spacial score (nSPS) is 13.8. The molecular weight excluding hydrogens is 358 g/mol. The van der Waals surface area contributed by atoms with E-state index in [-0.39, 0.29) is 6.61 Å². The van der Waals surface area contributed by atoms with E-state index in [2.05, 4.69) is 70.7 Å². The molecule has 0 amide bonds. The average Bonchev–Trinajstić information content (AvgIpc) is 3.14. The molecule has 29 heavy (non-hydrogen) atoms. The minimum atomic E-state index is 0.152. The predicted octanol–water partition coefficient (Wildman–Crippen LogP) is 3.98. The van der Waals surface area contributed by atoms with E-state index in [1.165, 1.54) is 27.8 Å². The first-order valence-corrected chi connectivity index (χ1v) is 10.2. The van der Waals surface area contributed by atoms with Gasteiger partial charge in [0.05, 0.1) is 13.2 Å². The molecular formula is C25H27N3O. The maximum atomic E-state index is 9.11. The fourth-order valence-electron chi connectivity index (χ4n) is 3.95. The van der Waals surface area contributed by atoms with Crippen molar-refractivity contribution in [3.8, 4) is 11.1 Å². The van der Waals surface area contributed by atoms with Crippen molar-refractivity contribution in [2.75, 3.05) is 19.7 Å². The van der Waals surface area contributed by atoms with Crippen LogP contribution in [0.4, 0.5) is 0 Å². The zero-order valence-corrected chi connectivity index (χ0v) is 16.8. The summed E-state index contributed by atoms with van der Waals surface area (Å²) in [6.45, 7) is 4.45. The highest BCUT2D eigenvalue weighted by Gasteiger charge is 2.15. The smallest absolute Gasteiger partial charge is 0.0649 e. The Labute approximate surface area is 172 Å². The lowest BCUT2D eigenvalue weighted by Gasteiger charge is -2.18. The molecule has 0 unspecified atom stereocenters. The first-order chi connectivity index (χ1) is 14.2. The van der Waals surface area contributed by atoms with E-state index >= 15 is 0 Å². The third-order valence-electron chi connectivity index (χ3n) is 5.55. The van der Waals surface area contributed by atoms with E-state index in [1.807, 2.05) is 18.5 Å². The van der Waals surface area contributed by atoms with Crippen LogP contribution < -0.4 is 5.32 Å². The summed E-state index contributed by atoms with van der Waals surface area (Å²) in [7, 11) is 0. The lowest BCUT2D eigenvalue weighted by atomic mass is 9.91. The Balaban J connectivity index is 1.57. The van der Waals surface area contributed by atoms with Gasteiger partial charge in [0.1, 0.15) is 0 Å². The lowest BCUT2D eigenvalue weighted by Crippen LogP contribution is -2.25. The molecule has 4 nitrogen and oxygen atoms in total. The van der Waals surface area contributed by atoms with E-state index in [0.717, 1.165) is 30.8 Å². The van der Waals surface area contributed by atoms with Crippen molar-refractivity contribution in [3.63, 3.8) is 0 Å². The second kappa shape index (κ2) is 9.12. The van der Waals surface area contributed by atoms with E-state index in [4.69, 9.17) is 5.11 Å². The molecule has 0 saturated heterocycles. The molecule has 0 saturated carbocycles. The first kappa shape index (κ1) is 19.5. The van der Waals surface area contributed by atoms with Crippen LogP contribution in [0.2, 0.25) is 0 Å². The van der Waals surface area contributed by atoms with Gasteiger partial charge in [-0.15, -0.1) is 0 Å². The van der Waals surface area contributed by atoms with Crippen molar-refractivity contribution >= 4 is 5.71 Å². The van der Waals surface area contributed by atoms with Gasteiger partial charge in [-0.2, -0.15) is 0 Å². The molecule has 3 aromatic rings. The van der Waals surface area contributed by atoms with E-state index in [9.17, 15) is 0 Å². The van der Waals surface area contributed by atoms with Gasteiger partial charge in [0.2, 0.25) is 0 Å². The Morgan fingerprint density at radius 1 is 1.03 bits per heavy atom. The van der Waals surface area contributed by atoms with E-state index < -0.39 is 0 Å². The summed E-state index contributed by atoms with van der Waals surface area (Å²) in [5.41, 5.74) is 8.51. The molecule has 2 heterocycles. The molecule has 1 aromatic heterocycles. The third-order valence-corrected chi connectivity index (χ3v) is 5.55. The zero-order chi connectivity index (χ0) is 20.1. The number of aromatic nitrogens is 1. The largest absolute Gasteiger partial charge is 0.395 e. The number of nitrogens with one attached hydrogen (secondary N) is 1. The van der Waals surface area contributed by atoms with Gasteiger partial charge < -0.3 is 10.4 Å². The summed E-state index contributed by atoms with van der Waals surface area (Å²) in [4.78, 5) is 9.07. The van der Waals surface area contributed by atoms with Gasteiger partial charge >= 0.3 is 0 Å². The molecule has 1 atom stereocenters. The Hall–Kier alpha value is -2.82. The van der Waals surface area contributed by atoms with Crippen LogP contribution in [0.15, 0.2) is 72.0 Å². The van der Waals surface area contributed by atoms with Crippen LogP contribution in [0.25, 0.3) is 11.1 Å². The van der Waals surface area contributed by atoms with Crippen LogP contribution in [0.3, 0.4) is 0 Å². The summed E-state index contributed by atoms with van der Waals surface area (Å²) in [6.07, 6.45) is 4.80. The molecule has 4 heteroatoms. The van der Waals surface area contributed by atoms with Crippen molar-refractivity contribution in [1.29, 1.82) is 0 Å². The van der Waals surface area contributed by atoms with Crippen molar-refractivity contribution in [2.24, 2.45) is 4.99 Å². The number of aliphatic hydroxyl groups excluding tert-OH is 1. The van der Waals surface area contributed by atoms with Crippen molar-refractivity contribution in [3.05, 3.63) is 89.2 Å². The molecule has 2 aromatic carbocycles. The van der Waals surface area contributed by atoms with Gasteiger partial charge in [-0.1, -0.05) is 42.5 Å². The quantitative estimate of drug-likeness (QED) is 0.577. The maximum absolute atomic E-state index is 9.11. The van der Waals surface area contributed by atoms with Gasteiger partial charge in [0.15, 0.2) is 0 Å². The standard InChI is InChI=1S/C25H27N3O/c1-18-25-13-21(7-8-22(25)17-28-18)24-12-19(14-27-16-24)11-23(15-26-9-10-29)20-5-3-2-4-6-20/h2-8,12-14,16,23,26,29H,9-11,15,17H2,1H3/t23-/m0/s1. The number of nitrogens with zero attached hydrogens (tertiary/aromatic N) is 2. The Morgan fingerprint density at radius 3 is 2.72 bits per heavy atom. The molecule has 0 fully saturated rings. The highest BCUT2D eigenvalue weighted by molar-refractivity contribution is 6.02. The van der Waals surface area contributed by atoms with Crippen LogP contribution >= 0.6 is 0 Å². The van der Waals surface area contributed by atoms with Crippen LogP contribution in [-0.4, -0.2) is 35.5 Å². The molecule has 0 spiro atoms. The number of aliphatic hydroxyl groups is 1. The maximum Gasteiger partial charge on any atom is 0.0649 e. The van der Waals surface area contributed by atoms with Gasteiger partial charge in [-0.3, -0.25) is 9.98 Å². The summed E-state index contributed by atoms with van der Waals surface area (Å²) in [6, 6.07) is 19.4. The third kappa shape index (κ3) is 4.61. The number of rotatable bonds is 8. The van der Waals surface area contributed by atoms with Crippen molar-refractivity contribution in [2.45, 2.75) is 25.8 Å². The van der Waals surface area contributed by atoms with Crippen LogP contribution in [0.5, 0.6) is 0 Å². The van der Waals surface area contributed by atoms with E-state index in [1.54, 1.807) is 0 Å². The molecule has 0 aliphatic carbocycles. The topological polar surface area (TPSA) is 57.5 Å². The molecule has 0 bridgehead atoms. The monoisotopic (exact) mass is 385 g/mol. The van der Waals surface area contributed by atoms with Crippen molar-refractivity contribution < 1.29 is 5.11 Å². The second-order valence-corrected chi connectivity index (χ2v) is 7.59. The fraction of sp³-hybridized carbons (Fsp3) is 0.280.